The lowest BCUT2D eigenvalue weighted by Gasteiger charge is -2.26. The van der Waals surface area contributed by atoms with E-state index in [4.69, 9.17) is 13.9 Å². The molecular weight excluding hydrogens is 466 g/mol. The Morgan fingerprint density at radius 3 is 2.77 bits per heavy atom. The van der Waals surface area contributed by atoms with Gasteiger partial charge in [0.05, 0.1) is 23.6 Å². The highest BCUT2D eigenvalue weighted by Gasteiger charge is 2.29. The van der Waals surface area contributed by atoms with Crippen LogP contribution in [-0.2, 0) is 22.4 Å². The molecule has 0 bridgehead atoms. The first kappa shape index (κ1) is 22.9. The molecule has 0 spiro atoms. The standard InChI is InChI=1S/C26H23N3O5S/c1-32-12-11-29(16-23-27-28-24(34-23)22-8-5-13-35-22)25(30)18-9-10-20-19(14-18)15-21(33-26(20)31)17-6-3-2-4-7-17/h2-10,13-14,21H,11-12,15-16H2,1H3/t21-/m1/s1. The van der Waals surface area contributed by atoms with Gasteiger partial charge in [-0.15, -0.1) is 21.5 Å². The van der Waals surface area contributed by atoms with E-state index in [9.17, 15) is 9.59 Å². The Bertz CT molecular complexity index is 1320. The number of ether oxygens (including phenoxy) is 2. The van der Waals surface area contributed by atoms with Crippen LogP contribution in [0.15, 0.2) is 70.5 Å². The van der Waals surface area contributed by atoms with Crippen molar-refractivity contribution < 1.29 is 23.5 Å². The fourth-order valence-electron chi connectivity index (χ4n) is 4.00. The van der Waals surface area contributed by atoms with Crippen molar-refractivity contribution in [2.45, 2.75) is 19.1 Å². The van der Waals surface area contributed by atoms with Gasteiger partial charge < -0.3 is 18.8 Å². The summed E-state index contributed by atoms with van der Waals surface area (Å²) >= 11 is 1.50. The van der Waals surface area contributed by atoms with E-state index in [1.165, 1.54) is 11.3 Å². The summed E-state index contributed by atoms with van der Waals surface area (Å²) in [7, 11) is 1.58. The van der Waals surface area contributed by atoms with Gasteiger partial charge in [0, 0.05) is 25.6 Å². The third kappa shape index (κ3) is 5.01. The highest BCUT2D eigenvalue weighted by Crippen LogP contribution is 2.31. The molecule has 0 fully saturated rings. The smallest absolute Gasteiger partial charge is 0.339 e. The minimum Gasteiger partial charge on any atom is -0.454 e. The Balaban J connectivity index is 1.37. The predicted molar refractivity (Wildman–Crippen MR) is 129 cm³/mol. The Kier molecular flexibility index (Phi) is 6.69. The fourth-order valence-corrected chi connectivity index (χ4v) is 4.64. The summed E-state index contributed by atoms with van der Waals surface area (Å²) < 4.78 is 16.6. The molecule has 9 heteroatoms. The highest BCUT2D eigenvalue weighted by atomic mass is 32.1. The van der Waals surface area contributed by atoms with Crippen molar-refractivity contribution in [2.24, 2.45) is 0 Å². The largest absolute Gasteiger partial charge is 0.454 e. The van der Waals surface area contributed by atoms with Crippen molar-refractivity contribution in [3.63, 3.8) is 0 Å². The van der Waals surface area contributed by atoms with Gasteiger partial charge in [-0.3, -0.25) is 4.79 Å². The lowest BCUT2D eigenvalue weighted by Crippen LogP contribution is -2.34. The number of methoxy groups -OCH3 is 1. The first-order valence-electron chi connectivity index (χ1n) is 11.2. The third-order valence-corrected chi connectivity index (χ3v) is 6.63. The number of carbonyl (C=O) groups is 2. The lowest BCUT2D eigenvalue weighted by atomic mass is 9.93. The van der Waals surface area contributed by atoms with Gasteiger partial charge in [-0.25, -0.2) is 4.79 Å². The number of benzene rings is 2. The molecule has 2 aromatic heterocycles. The maximum atomic E-state index is 13.5. The molecule has 35 heavy (non-hydrogen) atoms. The van der Waals surface area contributed by atoms with E-state index in [2.05, 4.69) is 10.2 Å². The molecule has 1 amide bonds. The van der Waals surface area contributed by atoms with Crippen LogP contribution < -0.4 is 0 Å². The number of aromatic nitrogens is 2. The van der Waals surface area contributed by atoms with Crippen molar-refractivity contribution in [3.05, 3.63) is 94.2 Å². The van der Waals surface area contributed by atoms with Gasteiger partial charge in [0.2, 0.25) is 5.89 Å². The van der Waals surface area contributed by atoms with Gasteiger partial charge in [-0.05, 0) is 40.8 Å². The molecule has 8 nitrogen and oxygen atoms in total. The second-order valence-corrected chi connectivity index (χ2v) is 9.03. The Morgan fingerprint density at radius 2 is 2.00 bits per heavy atom. The summed E-state index contributed by atoms with van der Waals surface area (Å²) in [6, 6.07) is 18.5. The predicted octanol–water partition coefficient (Wildman–Crippen LogP) is 4.54. The molecule has 1 aliphatic heterocycles. The van der Waals surface area contributed by atoms with Crippen LogP contribution in [-0.4, -0.2) is 47.2 Å². The average Bonchev–Trinajstić information content (AvgIpc) is 3.58. The van der Waals surface area contributed by atoms with Gasteiger partial charge in [0.1, 0.15) is 6.10 Å². The Morgan fingerprint density at radius 1 is 1.14 bits per heavy atom. The van der Waals surface area contributed by atoms with Crippen LogP contribution >= 0.6 is 11.3 Å². The zero-order chi connectivity index (χ0) is 24.2. The van der Waals surface area contributed by atoms with Gasteiger partial charge >= 0.3 is 5.97 Å². The summed E-state index contributed by atoms with van der Waals surface area (Å²) in [5, 5.41) is 10.1. The van der Waals surface area contributed by atoms with E-state index in [-0.39, 0.29) is 24.5 Å². The maximum Gasteiger partial charge on any atom is 0.339 e. The van der Waals surface area contributed by atoms with Crippen LogP contribution in [0.4, 0.5) is 0 Å². The Labute approximate surface area is 206 Å². The van der Waals surface area contributed by atoms with Crippen LogP contribution in [0, 0.1) is 0 Å². The highest BCUT2D eigenvalue weighted by molar-refractivity contribution is 7.13. The van der Waals surface area contributed by atoms with Crippen molar-refractivity contribution in [2.75, 3.05) is 20.3 Å². The zero-order valence-electron chi connectivity index (χ0n) is 19.0. The number of nitrogens with zero attached hydrogens (tertiary/aromatic N) is 3. The number of cyclic esters (lactones) is 1. The van der Waals surface area contributed by atoms with Crippen molar-refractivity contribution in [1.82, 2.24) is 15.1 Å². The number of esters is 1. The fraction of sp³-hybridized carbons (Fsp3) is 0.231. The molecule has 0 aliphatic carbocycles. The molecule has 2 aromatic carbocycles. The minimum absolute atomic E-state index is 0.145. The van der Waals surface area contributed by atoms with Crippen molar-refractivity contribution >= 4 is 23.2 Å². The lowest BCUT2D eigenvalue weighted by molar-refractivity contribution is 0.0252. The molecule has 178 valence electrons. The number of carbonyl (C=O) groups excluding carboxylic acids is 2. The molecule has 0 unspecified atom stereocenters. The third-order valence-electron chi connectivity index (χ3n) is 5.78. The van der Waals surface area contributed by atoms with Crippen molar-refractivity contribution in [3.8, 4) is 10.8 Å². The van der Waals surface area contributed by atoms with E-state index < -0.39 is 0 Å². The molecule has 1 aliphatic rings. The van der Waals surface area contributed by atoms with Gasteiger partial charge in [-0.1, -0.05) is 36.4 Å². The van der Waals surface area contributed by atoms with E-state index in [0.717, 1.165) is 16.0 Å². The van der Waals surface area contributed by atoms with E-state index >= 15 is 0 Å². The topological polar surface area (TPSA) is 94.8 Å². The Hall–Kier alpha value is -3.82. The SMILES string of the molecule is COCCN(Cc1nnc(-c2cccs2)o1)C(=O)c1ccc2c(c1)C[C@H](c1ccccc1)OC2=O. The number of thiophene rings is 1. The second-order valence-electron chi connectivity index (χ2n) is 8.08. The molecule has 4 aromatic rings. The quantitative estimate of drug-likeness (QED) is 0.335. The normalized spacial score (nSPS) is 14.9. The number of rotatable bonds is 8. The monoisotopic (exact) mass is 489 g/mol. The molecular formula is C26H23N3O5S. The first-order chi connectivity index (χ1) is 17.1. The van der Waals surface area contributed by atoms with Crippen LogP contribution in [0.2, 0.25) is 0 Å². The molecule has 0 saturated heterocycles. The van der Waals surface area contributed by atoms with Gasteiger partial charge in [0.25, 0.3) is 11.8 Å². The molecule has 0 radical (unpaired) electrons. The molecule has 5 rings (SSSR count). The number of fused-ring (bicyclic) bond motifs is 1. The summed E-state index contributed by atoms with van der Waals surface area (Å²) in [6.07, 6.45) is 0.109. The van der Waals surface area contributed by atoms with Gasteiger partial charge in [0.15, 0.2) is 0 Å². The van der Waals surface area contributed by atoms with Crippen LogP contribution in [0.1, 0.15) is 43.8 Å². The summed E-state index contributed by atoms with van der Waals surface area (Å²) in [5.74, 6) is 0.162. The molecule has 3 heterocycles. The van der Waals surface area contributed by atoms with E-state index in [1.54, 1.807) is 30.2 Å². The summed E-state index contributed by atoms with van der Waals surface area (Å²) in [6.45, 7) is 0.842. The first-order valence-corrected chi connectivity index (χ1v) is 12.0. The number of hydrogen-bond donors (Lipinski definition) is 0. The summed E-state index contributed by atoms with van der Waals surface area (Å²) in [4.78, 5) is 28.6. The molecule has 1 atom stereocenters. The second kappa shape index (κ2) is 10.2. The van der Waals surface area contributed by atoms with Crippen LogP contribution in [0.3, 0.4) is 0 Å². The van der Waals surface area contributed by atoms with Crippen molar-refractivity contribution in [1.29, 1.82) is 0 Å². The van der Waals surface area contributed by atoms with E-state index in [1.807, 2.05) is 47.8 Å². The number of amides is 1. The zero-order valence-corrected chi connectivity index (χ0v) is 19.9. The van der Waals surface area contributed by atoms with Crippen LogP contribution in [0.5, 0.6) is 0 Å². The maximum absolute atomic E-state index is 13.5. The van der Waals surface area contributed by atoms with Crippen LogP contribution in [0.25, 0.3) is 10.8 Å². The van der Waals surface area contributed by atoms with Gasteiger partial charge in [-0.2, -0.15) is 0 Å². The molecule has 0 saturated carbocycles. The summed E-state index contributed by atoms with van der Waals surface area (Å²) in [5.41, 5.74) is 2.65. The molecule has 0 N–H and O–H groups in total. The number of hydrogen-bond acceptors (Lipinski definition) is 8. The average molecular weight is 490 g/mol. The van der Waals surface area contributed by atoms with E-state index in [0.29, 0.717) is 42.5 Å². The minimum atomic E-state index is -0.389.